The number of aliphatic hydroxyl groups excluding tert-OH is 1. The van der Waals surface area contributed by atoms with Crippen LogP contribution in [0, 0.1) is 0 Å². The van der Waals surface area contributed by atoms with Crippen LogP contribution in [-0.2, 0) is 6.42 Å². The molecule has 2 rings (SSSR count). The number of aliphatic hydroxyl groups is 1. The molecule has 0 bridgehead atoms. The Kier molecular flexibility index (Phi) is 3.50. The summed E-state index contributed by atoms with van der Waals surface area (Å²) in [5.41, 5.74) is 1.71. The van der Waals surface area contributed by atoms with Crippen LogP contribution in [0.5, 0.6) is 0 Å². The zero-order valence-electron chi connectivity index (χ0n) is 9.89. The molecule has 0 radical (unpaired) electrons. The molecule has 1 heterocycles. The lowest BCUT2D eigenvalue weighted by atomic mass is 10.1. The van der Waals surface area contributed by atoms with Gasteiger partial charge in [-0.3, -0.25) is 0 Å². The summed E-state index contributed by atoms with van der Waals surface area (Å²) in [6, 6.07) is 5.58. The van der Waals surface area contributed by atoms with Crippen molar-refractivity contribution in [2.45, 2.75) is 26.4 Å². The fourth-order valence-corrected chi connectivity index (χ4v) is 2.07. The summed E-state index contributed by atoms with van der Waals surface area (Å²) in [6.45, 7) is 3.77. The summed E-state index contributed by atoms with van der Waals surface area (Å²) in [6.07, 6.45) is 4.00. The molecule has 1 aromatic carbocycles. The van der Waals surface area contributed by atoms with E-state index in [-0.39, 0.29) is 0 Å². The second-order valence-electron chi connectivity index (χ2n) is 3.95. The first-order chi connectivity index (χ1) is 8.13. The van der Waals surface area contributed by atoms with E-state index in [1.54, 1.807) is 19.2 Å². The minimum Gasteiger partial charge on any atom is -0.389 e. The van der Waals surface area contributed by atoms with Gasteiger partial charge in [0.2, 0.25) is 0 Å². The molecule has 0 aliphatic carbocycles. The molecular weight excluding hydrogens is 236 g/mol. The molecule has 0 amide bonds. The number of aryl methyl sites for hydroxylation is 1. The van der Waals surface area contributed by atoms with Crippen molar-refractivity contribution < 1.29 is 5.11 Å². The van der Waals surface area contributed by atoms with E-state index in [0.717, 1.165) is 23.5 Å². The molecule has 90 valence electrons. The number of rotatable bonds is 3. The molecule has 1 N–H and O–H groups in total. The molecule has 1 aromatic heterocycles. The van der Waals surface area contributed by atoms with Gasteiger partial charge in [0.15, 0.2) is 0 Å². The van der Waals surface area contributed by atoms with Crippen LogP contribution in [0.25, 0.3) is 5.69 Å². The highest BCUT2D eigenvalue weighted by Crippen LogP contribution is 2.25. The van der Waals surface area contributed by atoms with Crippen molar-refractivity contribution in [3.8, 4) is 5.69 Å². The van der Waals surface area contributed by atoms with Gasteiger partial charge in [0.25, 0.3) is 0 Å². The maximum absolute atomic E-state index is 9.49. The molecule has 3 nitrogen and oxygen atoms in total. The van der Waals surface area contributed by atoms with Gasteiger partial charge in [0.05, 0.1) is 16.8 Å². The maximum Gasteiger partial charge on any atom is 0.112 e. The second kappa shape index (κ2) is 4.90. The number of imidazole rings is 1. The molecule has 1 atom stereocenters. The Morgan fingerprint density at radius 2 is 2.24 bits per heavy atom. The highest BCUT2D eigenvalue weighted by atomic mass is 35.5. The Bertz CT molecular complexity index is 520. The summed E-state index contributed by atoms with van der Waals surface area (Å²) in [4.78, 5) is 4.26. The molecule has 0 aliphatic heterocycles. The summed E-state index contributed by atoms with van der Waals surface area (Å²) in [7, 11) is 0. The number of aromatic nitrogens is 2. The maximum atomic E-state index is 9.49. The molecule has 2 aromatic rings. The van der Waals surface area contributed by atoms with Crippen LogP contribution in [0.2, 0.25) is 5.02 Å². The van der Waals surface area contributed by atoms with Crippen LogP contribution < -0.4 is 0 Å². The van der Waals surface area contributed by atoms with Gasteiger partial charge < -0.3 is 9.67 Å². The van der Waals surface area contributed by atoms with Crippen molar-refractivity contribution in [3.05, 3.63) is 47.0 Å². The average Bonchev–Trinajstić information content (AvgIpc) is 2.76. The van der Waals surface area contributed by atoms with Crippen LogP contribution in [0.4, 0.5) is 0 Å². The minimum absolute atomic E-state index is 0.505. The SMILES string of the molecule is CCc1nccn1-c1ccc(C(C)O)cc1Cl. The van der Waals surface area contributed by atoms with Gasteiger partial charge in [-0.15, -0.1) is 0 Å². The van der Waals surface area contributed by atoms with Crippen molar-refractivity contribution in [2.24, 2.45) is 0 Å². The number of hydrogen-bond acceptors (Lipinski definition) is 2. The van der Waals surface area contributed by atoms with Crippen molar-refractivity contribution >= 4 is 11.6 Å². The first kappa shape index (κ1) is 12.1. The lowest BCUT2D eigenvalue weighted by molar-refractivity contribution is 0.199. The van der Waals surface area contributed by atoms with E-state index in [9.17, 15) is 5.11 Å². The van der Waals surface area contributed by atoms with E-state index in [1.165, 1.54) is 0 Å². The predicted octanol–water partition coefficient (Wildman–Crippen LogP) is 3.14. The monoisotopic (exact) mass is 250 g/mol. The second-order valence-corrected chi connectivity index (χ2v) is 4.36. The fraction of sp³-hybridized carbons (Fsp3) is 0.308. The molecule has 17 heavy (non-hydrogen) atoms. The normalized spacial score (nSPS) is 12.7. The zero-order valence-corrected chi connectivity index (χ0v) is 10.6. The Balaban J connectivity index is 2.47. The summed E-state index contributed by atoms with van der Waals surface area (Å²) in [5.74, 6) is 0.969. The topological polar surface area (TPSA) is 38.0 Å². The third kappa shape index (κ3) is 2.35. The van der Waals surface area contributed by atoms with Gasteiger partial charge in [-0.2, -0.15) is 0 Å². The molecule has 4 heteroatoms. The molecule has 0 aliphatic rings. The van der Waals surface area contributed by atoms with Gasteiger partial charge in [0, 0.05) is 18.8 Å². The standard InChI is InChI=1S/C13H15ClN2O/c1-3-13-15-6-7-16(13)12-5-4-10(9(2)17)8-11(12)14/h4-9,17H,3H2,1-2H3. The molecule has 1 unspecified atom stereocenters. The number of benzene rings is 1. The fourth-order valence-electron chi connectivity index (χ4n) is 1.79. The molecule has 0 saturated carbocycles. The van der Waals surface area contributed by atoms with Crippen molar-refractivity contribution in [3.63, 3.8) is 0 Å². The van der Waals surface area contributed by atoms with E-state index >= 15 is 0 Å². The Morgan fingerprint density at radius 3 is 2.82 bits per heavy atom. The zero-order chi connectivity index (χ0) is 12.4. The Labute approximate surface area is 106 Å². The molecular formula is C13H15ClN2O. The van der Waals surface area contributed by atoms with E-state index in [0.29, 0.717) is 5.02 Å². The molecule has 0 spiro atoms. The third-order valence-electron chi connectivity index (χ3n) is 2.75. The van der Waals surface area contributed by atoms with Crippen LogP contribution in [-0.4, -0.2) is 14.7 Å². The summed E-state index contributed by atoms with van der Waals surface area (Å²) < 4.78 is 1.97. The van der Waals surface area contributed by atoms with Crippen molar-refractivity contribution in [1.82, 2.24) is 9.55 Å². The Morgan fingerprint density at radius 1 is 1.47 bits per heavy atom. The van der Waals surface area contributed by atoms with E-state index in [2.05, 4.69) is 11.9 Å². The van der Waals surface area contributed by atoms with E-state index < -0.39 is 6.10 Å². The van der Waals surface area contributed by atoms with Crippen molar-refractivity contribution in [1.29, 1.82) is 0 Å². The summed E-state index contributed by atoms with van der Waals surface area (Å²) >= 11 is 6.23. The number of hydrogen-bond donors (Lipinski definition) is 1. The third-order valence-corrected chi connectivity index (χ3v) is 3.05. The van der Waals surface area contributed by atoms with Crippen molar-refractivity contribution in [2.75, 3.05) is 0 Å². The highest BCUT2D eigenvalue weighted by molar-refractivity contribution is 6.32. The van der Waals surface area contributed by atoms with Gasteiger partial charge >= 0.3 is 0 Å². The minimum atomic E-state index is -0.505. The Hall–Kier alpha value is -1.32. The molecule has 0 saturated heterocycles. The van der Waals surface area contributed by atoms with Crippen LogP contribution in [0.15, 0.2) is 30.6 Å². The van der Waals surface area contributed by atoms with Crippen LogP contribution in [0.3, 0.4) is 0 Å². The van der Waals surface area contributed by atoms with Gasteiger partial charge in [0.1, 0.15) is 5.82 Å². The van der Waals surface area contributed by atoms with Gasteiger partial charge in [-0.25, -0.2) is 4.98 Å². The van der Waals surface area contributed by atoms with E-state index in [4.69, 9.17) is 11.6 Å². The summed E-state index contributed by atoms with van der Waals surface area (Å²) in [5, 5.41) is 10.1. The van der Waals surface area contributed by atoms with Gasteiger partial charge in [-0.05, 0) is 24.6 Å². The lowest BCUT2D eigenvalue weighted by Gasteiger charge is -2.11. The lowest BCUT2D eigenvalue weighted by Crippen LogP contribution is -2.01. The number of nitrogens with zero attached hydrogens (tertiary/aromatic N) is 2. The van der Waals surface area contributed by atoms with Crippen LogP contribution in [0.1, 0.15) is 31.3 Å². The largest absolute Gasteiger partial charge is 0.389 e. The predicted molar refractivity (Wildman–Crippen MR) is 68.6 cm³/mol. The number of halogens is 1. The van der Waals surface area contributed by atoms with Gasteiger partial charge in [-0.1, -0.05) is 24.6 Å². The smallest absolute Gasteiger partial charge is 0.112 e. The van der Waals surface area contributed by atoms with E-state index in [1.807, 2.05) is 22.9 Å². The quantitative estimate of drug-likeness (QED) is 0.909. The first-order valence-electron chi connectivity index (χ1n) is 5.63. The molecule has 0 fully saturated rings. The average molecular weight is 251 g/mol. The first-order valence-corrected chi connectivity index (χ1v) is 6.01. The highest BCUT2D eigenvalue weighted by Gasteiger charge is 2.09. The van der Waals surface area contributed by atoms with Crippen LogP contribution >= 0.6 is 11.6 Å².